The number of allylic oxidation sites excluding steroid dienone is 17. The largest absolute Gasteiger partial charge is 0.756 e. The molecule has 0 aliphatic carbocycles. The zero-order valence-electron chi connectivity index (χ0n) is 57.0. The summed E-state index contributed by atoms with van der Waals surface area (Å²) in [7, 11) is 1.26. The Morgan fingerprint density at radius 2 is 0.709 bits per heavy atom. The highest BCUT2D eigenvalue weighted by Gasteiger charge is 2.23. The molecule has 0 bridgehead atoms. The zero-order chi connectivity index (χ0) is 62.6. The molecule has 86 heavy (non-hydrogen) atoms. The number of phosphoric acid groups is 1. The molecule has 3 atom stereocenters. The van der Waals surface area contributed by atoms with Gasteiger partial charge in [0.1, 0.15) is 13.2 Å². The molecule has 1 amide bonds. The highest BCUT2D eigenvalue weighted by molar-refractivity contribution is 7.45. The molecule has 498 valence electrons. The fraction of sp³-hybridized carbons (Fsp3) is 0.753. The van der Waals surface area contributed by atoms with E-state index in [0.29, 0.717) is 17.4 Å². The number of nitrogens with one attached hydrogen (secondary N) is 1. The number of aliphatic hydroxyl groups is 1. The van der Waals surface area contributed by atoms with Gasteiger partial charge in [0.25, 0.3) is 7.82 Å². The number of quaternary nitrogens is 1. The molecular weight excluding hydrogens is 1080 g/mol. The molecule has 0 spiro atoms. The smallest absolute Gasteiger partial charge is 0.268 e. The Balaban J connectivity index is 4.09. The van der Waals surface area contributed by atoms with Gasteiger partial charge < -0.3 is 28.8 Å². The third kappa shape index (κ3) is 68.6. The van der Waals surface area contributed by atoms with Gasteiger partial charge in [0.05, 0.1) is 39.9 Å². The molecule has 0 rings (SSSR count). The van der Waals surface area contributed by atoms with Crippen molar-refractivity contribution in [1.29, 1.82) is 0 Å². The summed E-state index contributed by atoms with van der Waals surface area (Å²) in [6.45, 7) is 4.56. The minimum absolute atomic E-state index is 0.00477. The molecular formula is C77H139N2O6P. The number of aliphatic hydroxyl groups excluding tert-OH is 1. The zero-order valence-corrected chi connectivity index (χ0v) is 57.9. The van der Waals surface area contributed by atoms with Crippen LogP contribution in [-0.4, -0.2) is 68.5 Å². The predicted molar refractivity (Wildman–Crippen MR) is 376 cm³/mol. The molecule has 0 aromatic carbocycles. The number of likely N-dealkylation sites (N-methyl/N-ethyl adjacent to an activating group) is 1. The maximum absolute atomic E-state index is 13.1. The third-order valence-corrected chi connectivity index (χ3v) is 17.0. The van der Waals surface area contributed by atoms with Crippen LogP contribution < -0.4 is 10.2 Å². The predicted octanol–water partition coefficient (Wildman–Crippen LogP) is 22.8. The number of rotatable bonds is 66. The summed E-state index contributed by atoms with van der Waals surface area (Å²) in [5.74, 6) is -0.200. The average Bonchev–Trinajstić information content (AvgIpc) is 3.70. The van der Waals surface area contributed by atoms with Crippen LogP contribution in [0.25, 0.3) is 0 Å². The van der Waals surface area contributed by atoms with Crippen LogP contribution in [0.2, 0.25) is 0 Å². The number of carbonyl (C=O) groups excluding carboxylic acids is 1. The second-order valence-electron chi connectivity index (χ2n) is 25.6. The molecule has 0 saturated carbocycles. The van der Waals surface area contributed by atoms with Crippen molar-refractivity contribution in [3.05, 3.63) is 109 Å². The van der Waals surface area contributed by atoms with Crippen molar-refractivity contribution in [2.24, 2.45) is 0 Å². The van der Waals surface area contributed by atoms with Crippen molar-refractivity contribution in [3.8, 4) is 0 Å². The van der Waals surface area contributed by atoms with E-state index in [1.807, 2.05) is 27.2 Å². The number of carbonyl (C=O) groups is 1. The van der Waals surface area contributed by atoms with Gasteiger partial charge >= 0.3 is 0 Å². The Morgan fingerprint density at radius 3 is 1.03 bits per heavy atom. The van der Waals surface area contributed by atoms with Gasteiger partial charge in [-0.1, -0.05) is 342 Å². The van der Waals surface area contributed by atoms with E-state index in [2.05, 4.69) is 116 Å². The van der Waals surface area contributed by atoms with Crippen LogP contribution in [-0.2, 0) is 18.4 Å². The van der Waals surface area contributed by atoms with Crippen LogP contribution in [0.15, 0.2) is 109 Å². The summed E-state index contributed by atoms with van der Waals surface area (Å²) in [4.78, 5) is 25.7. The normalized spacial score (nSPS) is 14.3. The van der Waals surface area contributed by atoms with E-state index in [9.17, 15) is 19.4 Å². The van der Waals surface area contributed by atoms with E-state index in [1.165, 1.54) is 212 Å². The minimum atomic E-state index is -4.61. The van der Waals surface area contributed by atoms with Crippen molar-refractivity contribution in [2.75, 3.05) is 40.9 Å². The lowest BCUT2D eigenvalue weighted by molar-refractivity contribution is -0.870. The number of amides is 1. The highest BCUT2D eigenvalue weighted by atomic mass is 31.2. The first-order chi connectivity index (χ1) is 42.0. The molecule has 9 heteroatoms. The Hall–Kier alpha value is -2.84. The number of phosphoric ester groups is 1. The number of hydrogen-bond acceptors (Lipinski definition) is 6. The van der Waals surface area contributed by atoms with Gasteiger partial charge in [0.2, 0.25) is 5.91 Å². The van der Waals surface area contributed by atoms with Crippen LogP contribution in [0.4, 0.5) is 0 Å². The second kappa shape index (κ2) is 66.6. The van der Waals surface area contributed by atoms with Crippen molar-refractivity contribution in [2.45, 2.75) is 334 Å². The summed E-state index contributed by atoms with van der Waals surface area (Å²) in [6, 6.07) is -0.896. The summed E-state index contributed by atoms with van der Waals surface area (Å²) in [5, 5.41) is 14.0. The number of hydrogen-bond donors (Lipinski definition) is 2. The van der Waals surface area contributed by atoms with Crippen LogP contribution in [0.1, 0.15) is 322 Å². The molecule has 8 nitrogen and oxygen atoms in total. The molecule has 0 aliphatic rings. The van der Waals surface area contributed by atoms with Gasteiger partial charge in [-0.05, 0) is 83.5 Å². The topological polar surface area (TPSA) is 108 Å². The molecule has 2 N–H and O–H groups in total. The lowest BCUT2D eigenvalue weighted by Gasteiger charge is -2.29. The molecule has 3 unspecified atom stereocenters. The summed E-state index contributed by atoms with van der Waals surface area (Å²) >= 11 is 0. The molecule has 0 fully saturated rings. The van der Waals surface area contributed by atoms with E-state index in [0.717, 1.165) is 89.9 Å². The number of nitrogens with zero attached hydrogens (tertiary/aromatic N) is 1. The molecule has 0 saturated heterocycles. The maximum Gasteiger partial charge on any atom is 0.268 e. The highest BCUT2D eigenvalue weighted by Crippen LogP contribution is 2.38. The van der Waals surface area contributed by atoms with E-state index >= 15 is 0 Å². The average molecular weight is 1220 g/mol. The van der Waals surface area contributed by atoms with Crippen LogP contribution >= 0.6 is 7.82 Å². The Bertz CT molecular complexity index is 1770. The van der Waals surface area contributed by atoms with Crippen LogP contribution in [0, 0.1) is 0 Å². The summed E-state index contributed by atoms with van der Waals surface area (Å²) < 4.78 is 23.5. The third-order valence-electron chi connectivity index (χ3n) is 16.0. The summed E-state index contributed by atoms with van der Waals surface area (Å²) in [5.41, 5.74) is 0. The van der Waals surface area contributed by atoms with Gasteiger partial charge in [-0.25, -0.2) is 0 Å². The van der Waals surface area contributed by atoms with Gasteiger partial charge in [0, 0.05) is 6.42 Å². The van der Waals surface area contributed by atoms with Gasteiger partial charge in [0.15, 0.2) is 0 Å². The van der Waals surface area contributed by atoms with Crippen molar-refractivity contribution in [1.82, 2.24) is 5.32 Å². The van der Waals surface area contributed by atoms with Crippen molar-refractivity contribution < 1.29 is 32.9 Å². The maximum atomic E-state index is 13.1. The van der Waals surface area contributed by atoms with Gasteiger partial charge in [-0.2, -0.15) is 0 Å². The van der Waals surface area contributed by atoms with E-state index < -0.39 is 20.0 Å². The van der Waals surface area contributed by atoms with Crippen molar-refractivity contribution >= 4 is 13.7 Å². The van der Waals surface area contributed by atoms with Crippen LogP contribution in [0.3, 0.4) is 0 Å². The van der Waals surface area contributed by atoms with E-state index in [1.54, 1.807) is 6.08 Å². The number of unbranched alkanes of at least 4 members (excludes halogenated alkanes) is 37. The lowest BCUT2D eigenvalue weighted by atomic mass is 10.0. The van der Waals surface area contributed by atoms with E-state index in [4.69, 9.17) is 9.05 Å². The Labute approximate surface area is 533 Å². The molecule has 0 aromatic rings. The summed E-state index contributed by atoms with van der Waals surface area (Å²) in [6.07, 6.45) is 97.8. The van der Waals surface area contributed by atoms with Gasteiger partial charge in [-0.3, -0.25) is 9.36 Å². The molecule has 0 radical (unpaired) electrons. The molecule has 0 aromatic heterocycles. The van der Waals surface area contributed by atoms with E-state index in [-0.39, 0.29) is 19.1 Å². The van der Waals surface area contributed by atoms with Gasteiger partial charge in [-0.15, -0.1) is 0 Å². The van der Waals surface area contributed by atoms with Crippen molar-refractivity contribution in [3.63, 3.8) is 0 Å². The molecule has 0 aliphatic heterocycles. The molecule has 0 heterocycles. The Kier molecular flexibility index (Phi) is 64.4. The Morgan fingerprint density at radius 1 is 0.419 bits per heavy atom. The fourth-order valence-corrected chi connectivity index (χ4v) is 11.1. The standard InChI is InChI=1S/C77H139N2O6P/c1-6-8-10-12-14-16-18-20-22-24-26-28-30-32-34-35-36-37-38-39-40-41-42-43-45-47-49-51-53-55-57-59-61-63-65-67-69-71-77(81)78-75(74-85-86(82,83)84-73-72-79(3,4)5)76(80)70-68-66-64-62-60-58-56-54-52-50-48-46-44-33-31-29-27-25-23-21-19-17-15-13-11-9-7-2/h8,10,14,16,20,22,26,28,32,34,36-37,39-40,42-43,68,70,75-76,80H,6-7,9,11-13,15,17-19,21,23-25,27,29-31,33,35,38,41,44-67,69,71-74H2,1-5H3,(H-,78,81,82,83)/b10-8-,16-14-,22-20-,28-26-,34-32-,37-36-,40-39-,43-42-,70-68+. The lowest BCUT2D eigenvalue weighted by Crippen LogP contribution is -2.45. The fourth-order valence-electron chi connectivity index (χ4n) is 10.4. The minimum Gasteiger partial charge on any atom is -0.756 e. The van der Waals surface area contributed by atoms with Crippen LogP contribution in [0.5, 0.6) is 0 Å². The first-order valence-corrected chi connectivity index (χ1v) is 37.7. The first-order valence-electron chi connectivity index (χ1n) is 36.2. The first kappa shape index (κ1) is 83.2. The SMILES string of the molecule is CC/C=C\C/C=C\C/C=C\C/C=C\C/C=C\C/C=C\C/C=C\C/C=C\CCCCCCCCCCCCCCC(=O)NC(COP(=O)([O-])OCC[N+](C)(C)C)C(O)/C=C/CCCCCCCCCCCCCCCCCCCCCCCCCCC. The monoisotopic (exact) mass is 1220 g/mol. The second-order valence-corrected chi connectivity index (χ2v) is 27.0. The quantitative estimate of drug-likeness (QED) is 0.0272.